The van der Waals surface area contributed by atoms with Crippen LogP contribution in [-0.4, -0.2) is 21.3 Å². The molecule has 0 aliphatic carbocycles. The molecule has 0 rings (SSSR count). The van der Waals surface area contributed by atoms with E-state index in [9.17, 15) is 0 Å². The highest BCUT2D eigenvalue weighted by atomic mass is 28.3. The third-order valence-electron chi connectivity index (χ3n) is 3.65. The van der Waals surface area contributed by atoms with E-state index in [2.05, 4.69) is 46.0 Å². The zero-order valence-electron chi connectivity index (χ0n) is 12.4. The second-order valence-corrected chi connectivity index (χ2v) is 10.3. The predicted octanol–water partition coefficient (Wildman–Crippen LogP) is 4.47. The predicted molar refractivity (Wildman–Crippen MR) is 81.1 cm³/mol. The maximum Gasteiger partial charge on any atom is 0.0805 e. The van der Waals surface area contributed by atoms with Crippen molar-refractivity contribution in [1.29, 1.82) is 5.26 Å². The van der Waals surface area contributed by atoms with Gasteiger partial charge in [0, 0.05) is 0 Å². The Hall–Kier alpha value is -0.853. The van der Waals surface area contributed by atoms with Gasteiger partial charge in [0.25, 0.3) is 0 Å². The van der Waals surface area contributed by atoms with E-state index in [1.54, 1.807) is 0 Å². The van der Waals surface area contributed by atoms with Gasteiger partial charge in [-0.1, -0.05) is 55.9 Å². The van der Waals surface area contributed by atoms with Crippen molar-refractivity contribution in [2.75, 3.05) is 13.2 Å². The number of rotatable bonds is 9. The highest BCUT2D eigenvalue weighted by Gasteiger charge is 2.27. The van der Waals surface area contributed by atoms with Gasteiger partial charge in [-0.05, 0) is 13.3 Å². The molecule has 0 spiro atoms. The molecular formula is C15H27NOSi. The molecule has 0 radical (unpaired) electrons. The zero-order valence-corrected chi connectivity index (χ0v) is 13.4. The molecule has 0 unspecified atom stereocenters. The van der Waals surface area contributed by atoms with Crippen molar-refractivity contribution in [2.45, 2.75) is 52.2 Å². The molecule has 0 bridgehead atoms. The lowest BCUT2D eigenvalue weighted by atomic mass is 10.2. The van der Waals surface area contributed by atoms with Crippen LogP contribution in [0.15, 0.2) is 23.4 Å². The van der Waals surface area contributed by atoms with Gasteiger partial charge < -0.3 is 4.74 Å². The second kappa shape index (κ2) is 9.13. The van der Waals surface area contributed by atoms with E-state index >= 15 is 0 Å². The van der Waals surface area contributed by atoms with Crippen LogP contribution in [0.5, 0.6) is 0 Å². The number of nitriles is 1. The number of hydrogen-bond acceptors (Lipinski definition) is 2. The quantitative estimate of drug-likeness (QED) is 0.350. The van der Waals surface area contributed by atoms with Crippen molar-refractivity contribution in [3.05, 3.63) is 23.4 Å². The van der Waals surface area contributed by atoms with Crippen LogP contribution in [0.4, 0.5) is 0 Å². The van der Waals surface area contributed by atoms with Crippen LogP contribution in [0.25, 0.3) is 0 Å². The summed E-state index contributed by atoms with van der Waals surface area (Å²) in [6.07, 6.45) is 3.73. The fourth-order valence-electron chi connectivity index (χ4n) is 1.78. The summed E-state index contributed by atoms with van der Waals surface area (Å²) >= 11 is 0. The Labute approximate surface area is 113 Å². The Bertz CT molecular complexity index is 324. The third-order valence-corrected chi connectivity index (χ3v) is 8.67. The molecule has 0 amide bonds. The molecule has 0 fully saturated rings. The fourth-order valence-corrected chi connectivity index (χ4v) is 4.23. The van der Waals surface area contributed by atoms with Gasteiger partial charge in [0.1, 0.15) is 0 Å². The summed E-state index contributed by atoms with van der Waals surface area (Å²) in [5.74, 6) is 0. The molecule has 0 atom stereocenters. The van der Waals surface area contributed by atoms with Gasteiger partial charge in [-0.3, -0.25) is 0 Å². The van der Waals surface area contributed by atoms with Crippen molar-refractivity contribution in [2.24, 2.45) is 0 Å². The van der Waals surface area contributed by atoms with Crippen molar-refractivity contribution in [3.8, 4) is 6.07 Å². The minimum Gasteiger partial charge on any atom is -0.376 e. The number of nitrogens with zero attached hydrogens (tertiary/aromatic N) is 1. The molecule has 0 heterocycles. The van der Waals surface area contributed by atoms with Crippen molar-refractivity contribution >= 4 is 8.07 Å². The first kappa shape index (κ1) is 17.1. The van der Waals surface area contributed by atoms with Crippen molar-refractivity contribution < 1.29 is 4.74 Å². The van der Waals surface area contributed by atoms with Gasteiger partial charge in [0.15, 0.2) is 0 Å². The first-order valence-electron chi connectivity index (χ1n) is 6.78. The van der Waals surface area contributed by atoms with Gasteiger partial charge in [-0.25, -0.2) is 0 Å². The number of hydrogen-bond donors (Lipinski definition) is 0. The fraction of sp³-hybridized carbons (Fsp3) is 0.667. The number of allylic oxidation sites excluding steroid dienone is 2. The van der Waals surface area contributed by atoms with E-state index in [4.69, 9.17) is 10.00 Å². The average Bonchev–Trinajstić information content (AvgIpc) is 2.36. The molecule has 0 saturated carbocycles. The smallest absolute Gasteiger partial charge is 0.0805 e. The molecule has 0 aromatic heterocycles. The summed E-state index contributed by atoms with van der Waals surface area (Å²) in [5, 5.41) is 9.99. The normalized spacial score (nSPS) is 12.3. The molecule has 0 aliphatic heterocycles. The first-order chi connectivity index (χ1) is 8.50. The topological polar surface area (TPSA) is 33.0 Å². The Morgan fingerprint density at radius 2 is 2.00 bits per heavy atom. The highest BCUT2D eigenvalue weighted by Crippen LogP contribution is 2.25. The summed E-state index contributed by atoms with van der Waals surface area (Å²) < 4.78 is 5.63. The Kier molecular flexibility index (Phi) is 8.69. The van der Waals surface area contributed by atoms with Crippen LogP contribution >= 0.6 is 0 Å². The van der Waals surface area contributed by atoms with Crippen LogP contribution in [0.3, 0.4) is 0 Å². The van der Waals surface area contributed by atoms with E-state index in [1.165, 1.54) is 22.9 Å². The van der Waals surface area contributed by atoms with Crippen molar-refractivity contribution in [1.82, 2.24) is 0 Å². The molecule has 0 aromatic carbocycles. The largest absolute Gasteiger partial charge is 0.376 e. The van der Waals surface area contributed by atoms with E-state index in [-0.39, 0.29) is 0 Å². The molecule has 0 aliphatic rings. The Morgan fingerprint density at radius 3 is 2.44 bits per heavy atom. The Balaban J connectivity index is 4.67. The van der Waals surface area contributed by atoms with Gasteiger partial charge in [-0.2, -0.15) is 5.26 Å². The summed E-state index contributed by atoms with van der Waals surface area (Å²) in [7, 11) is -1.34. The minimum atomic E-state index is -1.34. The van der Waals surface area contributed by atoms with E-state index < -0.39 is 8.07 Å². The van der Waals surface area contributed by atoms with E-state index in [0.29, 0.717) is 19.6 Å². The Morgan fingerprint density at radius 1 is 1.39 bits per heavy atom. The van der Waals surface area contributed by atoms with Crippen LogP contribution in [-0.2, 0) is 4.74 Å². The lowest BCUT2D eigenvalue weighted by Gasteiger charge is -2.28. The van der Waals surface area contributed by atoms with Crippen LogP contribution in [0, 0.1) is 11.3 Å². The summed E-state index contributed by atoms with van der Waals surface area (Å²) in [6, 6.07) is 4.60. The molecule has 3 heteroatoms. The van der Waals surface area contributed by atoms with Gasteiger partial charge in [-0.15, -0.1) is 0 Å². The minimum absolute atomic E-state index is 0.476. The van der Waals surface area contributed by atoms with E-state index in [1.807, 2.05) is 0 Å². The van der Waals surface area contributed by atoms with Gasteiger partial charge in [0.05, 0.1) is 33.8 Å². The lowest BCUT2D eigenvalue weighted by molar-refractivity contribution is 0.165. The summed E-state index contributed by atoms with van der Waals surface area (Å²) in [4.78, 5) is 0. The monoisotopic (exact) mass is 265 g/mol. The van der Waals surface area contributed by atoms with Gasteiger partial charge in [0.2, 0.25) is 0 Å². The molecule has 18 heavy (non-hydrogen) atoms. The average molecular weight is 265 g/mol. The van der Waals surface area contributed by atoms with E-state index in [0.717, 1.165) is 6.42 Å². The number of ether oxygens (including phenoxy) is 1. The van der Waals surface area contributed by atoms with Crippen LogP contribution in [0.1, 0.15) is 33.6 Å². The van der Waals surface area contributed by atoms with Crippen LogP contribution < -0.4 is 0 Å². The molecule has 2 nitrogen and oxygen atoms in total. The van der Waals surface area contributed by atoms with Crippen molar-refractivity contribution in [3.63, 3.8) is 0 Å². The molecular weight excluding hydrogens is 238 g/mol. The third kappa shape index (κ3) is 6.18. The molecule has 102 valence electrons. The lowest BCUT2D eigenvalue weighted by Crippen LogP contribution is -2.33. The highest BCUT2D eigenvalue weighted by molar-refractivity contribution is 6.85. The molecule has 0 aromatic rings. The second-order valence-electron chi connectivity index (χ2n) is 5.12. The molecule has 0 saturated heterocycles. The maximum atomic E-state index is 8.51. The standard InChI is InChI=1S/C15H27NOSi/c1-6-18(5,7-2)15(10-9-14(3)4)13-17-12-8-11-16/h10H,3,6-9,12-13H2,1-2,4-5H3/b15-10-. The van der Waals surface area contributed by atoms with Gasteiger partial charge >= 0.3 is 0 Å². The zero-order chi connectivity index (χ0) is 14.0. The first-order valence-corrected chi connectivity index (χ1v) is 9.70. The maximum absolute atomic E-state index is 8.51. The van der Waals surface area contributed by atoms with Crippen LogP contribution in [0.2, 0.25) is 18.6 Å². The summed E-state index contributed by atoms with van der Waals surface area (Å²) in [6.45, 7) is 14.2. The summed E-state index contributed by atoms with van der Waals surface area (Å²) in [5.41, 5.74) is 1.19. The SMILES string of the molecule is C=C(C)C/C=C(/COCCC#N)[Si](C)(CC)CC. The molecule has 0 N–H and O–H groups in total.